The Morgan fingerprint density at radius 2 is 2.00 bits per heavy atom. The highest BCUT2D eigenvalue weighted by Gasteiger charge is 2.60. The van der Waals surface area contributed by atoms with Crippen molar-refractivity contribution in [2.75, 3.05) is 0 Å². The molecule has 5 heteroatoms. The molecule has 0 spiro atoms. The second-order valence-electron chi connectivity index (χ2n) is 12.0. The second kappa shape index (κ2) is 7.86. The molecular weight excluding hydrogens is 398 g/mol. The highest BCUT2D eigenvalue weighted by Crippen LogP contribution is 2.67. The number of aromatic nitrogens is 2. The van der Waals surface area contributed by atoms with Crippen LogP contribution in [-0.2, 0) is 11.3 Å². The van der Waals surface area contributed by atoms with Gasteiger partial charge in [-0.1, -0.05) is 13.8 Å². The first-order valence-electron chi connectivity index (χ1n) is 12.7. The third-order valence-electron chi connectivity index (χ3n) is 10.2. The van der Waals surface area contributed by atoms with Crippen molar-refractivity contribution in [1.29, 1.82) is 5.26 Å². The van der Waals surface area contributed by atoms with E-state index in [9.17, 15) is 9.90 Å². The van der Waals surface area contributed by atoms with Crippen LogP contribution in [0.25, 0.3) is 0 Å². The maximum Gasteiger partial charge on any atom is 0.162 e. The summed E-state index contributed by atoms with van der Waals surface area (Å²) < 4.78 is 1.73. The Hall–Kier alpha value is -1.89. The van der Waals surface area contributed by atoms with Crippen LogP contribution in [0.5, 0.6) is 0 Å². The number of nitriles is 1. The SMILES string of the molecule is C[C@@H]1C[C@H](C(=C=O)Cn2ccc(C#N)n2)[C@@]2(C)CC[C@H]3[C@@H](CC[C@@H]4C[C@](C)(O)CC[C@@H]43)[C@H]12. The summed E-state index contributed by atoms with van der Waals surface area (Å²) in [5.74, 6) is 6.84. The predicted molar refractivity (Wildman–Crippen MR) is 122 cm³/mol. The van der Waals surface area contributed by atoms with E-state index in [2.05, 4.69) is 31.0 Å². The Labute approximate surface area is 191 Å². The Balaban J connectivity index is 1.38. The Morgan fingerprint density at radius 3 is 2.72 bits per heavy atom. The molecule has 5 rings (SSSR count). The summed E-state index contributed by atoms with van der Waals surface area (Å²) in [6.45, 7) is 7.33. The largest absolute Gasteiger partial charge is 0.390 e. The standard InChI is InChI=1S/C27H37N3O2/c1-17-12-24(19(16-31)15-30-11-8-20(14-28)29-30)27(3)10-7-22-21-6-9-26(2,32)13-18(21)4-5-23(22)25(17)27/h8,11,17-18,21-25,32H,4-7,9-10,12-13,15H2,1-3H3/t17-,18-,21+,22-,23-,24-,25+,26-,27-/m1/s1. The van der Waals surface area contributed by atoms with Crippen molar-refractivity contribution in [2.24, 2.45) is 46.8 Å². The molecule has 0 aromatic carbocycles. The highest BCUT2D eigenvalue weighted by atomic mass is 16.3. The second-order valence-corrected chi connectivity index (χ2v) is 12.0. The number of rotatable bonds is 3. The van der Waals surface area contributed by atoms with Crippen molar-refractivity contribution >= 4 is 5.94 Å². The normalized spacial score (nSPS) is 45.2. The third-order valence-corrected chi connectivity index (χ3v) is 10.2. The molecule has 4 aliphatic carbocycles. The molecule has 0 aliphatic heterocycles. The number of nitrogens with zero attached hydrogens (tertiary/aromatic N) is 3. The minimum absolute atomic E-state index is 0.144. The summed E-state index contributed by atoms with van der Waals surface area (Å²) in [5.41, 5.74) is 0.897. The van der Waals surface area contributed by atoms with Gasteiger partial charge in [-0.3, -0.25) is 4.68 Å². The Bertz CT molecular complexity index is 968. The number of allylic oxidation sites excluding steroid dienone is 1. The molecule has 0 amide bonds. The van der Waals surface area contributed by atoms with Crippen LogP contribution in [0.3, 0.4) is 0 Å². The first kappa shape index (κ1) is 21.9. The van der Waals surface area contributed by atoms with E-state index in [1.54, 1.807) is 16.9 Å². The molecule has 1 aromatic heterocycles. The summed E-state index contributed by atoms with van der Waals surface area (Å²) in [5, 5.41) is 24.0. The molecule has 1 heterocycles. The van der Waals surface area contributed by atoms with Gasteiger partial charge in [0.25, 0.3) is 0 Å². The summed E-state index contributed by atoms with van der Waals surface area (Å²) >= 11 is 0. The maximum absolute atomic E-state index is 12.1. The average molecular weight is 436 g/mol. The van der Waals surface area contributed by atoms with Gasteiger partial charge in [0, 0.05) is 11.8 Å². The van der Waals surface area contributed by atoms with Gasteiger partial charge < -0.3 is 5.11 Å². The molecule has 4 saturated carbocycles. The van der Waals surface area contributed by atoms with Gasteiger partial charge in [0.2, 0.25) is 0 Å². The lowest BCUT2D eigenvalue weighted by Crippen LogP contribution is -2.51. The van der Waals surface area contributed by atoms with E-state index in [-0.39, 0.29) is 11.3 Å². The van der Waals surface area contributed by atoms with Gasteiger partial charge in [0.1, 0.15) is 12.0 Å². The molecule has 32 heavy (non-hydrogen) atoms. The monoisotopic (exact) mass is 435 g/mol. The molecule has 0 unspecified atom stereocenters. The molecule has 0 radical (unpaired) electrons. The smallest absolute Gasteiger partial charge is 0.162 e. The molecule has 172 valence electrons. The summed E-state index contributed by atoms with van der Waals surface area (Å²) in [6, 6.07) is 3.78. The van der Waals surface area contributed by atoms with Gasteiger partial charge in [0.05, 0.1) is 12.1 Å². The van der Waals surface area contributed by atoms with E-state index < -0.39 is 5.60 Å². The number of fused-ring (bicyclic) bond motifs is 5. The van der Waals surface area contributed by atoms with Gasteiger partial charge >= 0.3 is 0 Å². The molecule has 4 fully saturated rings. The number of hydrogen-bond donors (Lipinski definition) is 1. The zero-order chi connectivity index (χ0) is 22.7. The van der Waals surface area contributed by atoms with Crippen molar-refractivity contribution in [3.05, 3.63) is 23.5 Å². The van der Waals surface area contributed by atoms with Crippen LogP contribution in [0.1, 0.15) is 77.8 Å². The van der Waals surface area contributed by atoms with Gasteiger partial charge in [-0.05, 0) is 111 Å². The van der Waals surface area contributed by atoms with Crippen molar-refractivity contribution in [1.82, 2.24) is 9.78 Å². The van der Waals surface area contributed by atoms with Gasteiger partial charge in [0.15, 0.2) is 5.69 Å². The average Bonchev–Trinajstić information content (AvgIpc) is 3.32. The van der Waals surface area contributed by atoms with E-state index in [0.717, 1.165) is 42.6 Å². The highest BCUT2D eigenvalue weighted by molar-refractivity contribution is 5.54. The molecule has 1 N–H and O–H groups in total. The van der Waals surface area contributed by atoms with Crippen LogP contribution in [0.4, 0.5) is 0 Å². The van der Waals surface area contributed by atoms with Crippen molar-refractivity contribution in [3.8, 4) is 6.07 Å². The van der Waals surface area contributed by atoms with Crippen LogP contribution in [-0.4, -0.2) is 26.4 Å². The minimum Gasteiger partial charge on any atom is -0.390 e. The fraction of sp³-hybridized carbons (Fsp3) is 0.778. The molecule has 0 bridgehead atoms. The summed E-state index contributed by atoms with van der Waals surface area (Å²) in [6.07, 6.45) is 10.9. The first-order valence-corrected chi connectivity index (χ1v) is 12.7. The molecule has 0 saturated heterocycles. The van der Waals surface area contributed by atoms with Crippen molar-refractivity contribution in [2.45, 2.75) is 84.3 Å². The molecule has 1 aromatic rings. The van der Waals surface area contributed by atoms with Crippen LogP contribution in [0.2, 0.25) is 0 Å². The Morgan fingerprint density at radius 1 is 1.22 bits per heavy atom. The van der Waals surface area contributed by atoms with Crippen LogP contribution >= 0.6 is 0 Å². The third kappa shape index (κ3) is 3.47. The van der Waals surface area contributed by atoms with E-state index in [0.29, 0.717) is 30.0 Å². The zero-order valence-corrected chi connectivity index (χ0v) is 19.8. The lowest BCUT2D eigenvalue weighted by atomic mass is 9.48. The molecule has 9 atom stereocenters. The predicted octanol–water partition coefficient (Wildman–Crippen LogP) is 4.78. The maximum atomic E-state index is 12.1. The van der Waals surface area contributed by atoms with E-state index in [1.165, 1.54) is 32.1 Å². The van der Waals surface area contributed by atoms with Crippen LogP contribution in [0, 0.1) is 58.2 Å². The molecule has 5 nitrogen and oxygen atoms in total. The fourth-order valence-electron chi connectivity index (χ4n) is 9.06. The summed E-state index contributed by atoms with van der Waals surface area (Å²) in [4.78, 5) is 12.1. The molecular formula is C27H37N3O2. The lowest BCUT2D eigenvalue weighted by molar-refractivity contribution is -0.103. The Kier molecular flexibility index (Phi) is 5.38. The molecule has 4 aliphatic rings. The van der Waals surface area contributed by atoms with Crippen molar-refractivity contribution in [3.63, 3.8) is 0 Å². The summed E-state index contributed by atoms with van der Waals surface area (Å²) in [7, 11) is 0. The van der Waals surface area contributed by atoms with E-state index in [1.807, 2.05) is 6.92 Å². The van der Waals surface area contributed by atoms with E-state index >= 15 is 0 Å². The van der Waals surface area contributed by atoms with Gasteiger partial charge in [-0.15, -0.1) is 0 Å². The fourth-order valence-corrected chi connectivity index (χ4v) is 9.06. The van der Waals surface area contributed by atoms with Crippen LogP contribution in [0.15, 0.2) is 17.8 Å². The zero-order valence-electron chi connectivity index (χ0n) is 19.8. The number of hydrogen-bond acceptors (Lipinski definition) is 4. The van der Waals surface area contributed by atoms with E-state index in [4.69, 9.17) is 5.26 Å². The van der Waals surface area contributed by atoms with Gasteiger partial charge in [-0.2, -0.15) is 10.4 Å². The first-order chi connectivity index (χ1) is 15.3. The quantitative estimate of drug-likeness (QED) is 0.693. The van der Waals surface area contributed by atoms with Crippen LogP contribution < -0.4 is 0 Å². The number of aliphatic hydroxyl groups is 1. The number of carbonyl (C=O) groups excluding carboxylic acids is 1. The lowest BCUT2D eigenvalue weighted by Gasteiger charge is -2.57. The topological polar surface area (TPSA) is 78.9 Å². The van der Waals surface area contributed by atoms with Gasteiger partial charge in [-0.25, -0.2) is 4.79 Å². The minimum atomic E-state index is -0.468. The van der Waals surface area contributed by atoms with Crippen molar-refractivity contribution < 1.29 is 9.90 Å².